The highest BCUT2D eigenvalue weighted by Gasteiger charge is 2.27. The number of primary sulfonamides is 1. The van der Waals surface area contributed by atoms with Crippen LogP contribution in [0.15, 0.2) is 21.5 Å². The fourth-order valence-electron chi connectivity index (χ4n) is 0.966. The van der Waals surface area contributed by atoms with Crippen molar-refractivity contribution in [2.75, 3.05) is 6.54 Å². The van der Waals surface area contributed by atoms with E-state index in [0.29, 0.717) is 4.88 Å². The quantitative estimate of drug-likeness (QED) is 0.752. The van der Waals surface area contributed by atoms with Gasteiger partial charge in [-0.15, -0.1) is 11.3 Å². The van der Waals surface area contributed by atoms with Crippen LogP contribution in [0.3, 0.4) is 0 Å². The van der Waals surface area contributed by atoms with E-state index in [2.05, 4.69) is 5.18 Å². The Bertz CT molecular complexity index is 463. The zero-order valence-corrected chi connectivity index (χ0v) is 9.51. The zero-order valence-electron chi connectivity index (χ0n) is 7.87. The Morgan fingerprint density at radius 2 is 2.20 bits per heavy atom. The highest BCUT2D eigenvalue weighted by atomic mass is 32.2. The van der Waals surface area contributed by atoms with Gasteiger partial charge in [0, 0.05) is 4.88 Å². The average molecular weight is 250 g/mol. The Labute approximate surface area is 90.8 Å². The Kier molecular flexibility index (Phi) is 3.24. The predicted molar refractivity (Wildman–Crippen MR) is 55.9 cm³/mol. The molecule has 1 rings (SSSR count). The highest BCUT2D eigenvalue weighted by molar-refractivity contribution is 7.91. The first-order valence-electron chi connectivity index (χ1n) is 3.92. The molecule has 0 aliphatic carbocycles. The number of rotatable bonds is 4. The van der Waals surface area contributed by atoms with Crippen molar-refractivity contribution in [1.29, 1.82) is 0 Å². The molecule has 0 aliphatic rings. The maximum absolute atomic E-state index is 11.0. The molecule has 1 aromatic rings. The monoisotopic (exact) mass is 250 g/mol. The van der Waals surface area contributed by atoms with Gasteiger partial charge in [-0.3, -0.25) is 0 Å². The highest BCUT2D eigenvalue weighted by Crippen LogP contribution is 2.30. The summed E-state index contributed by atoms with van der Waals surface area (Å²) in [6.07, 6.45) is 0. The molecule has 15 heavy (non-hydrogen) atoms. The van der Waals surface area contributed by atoms with E-state index in [1.165, 1.54) is 19.1 Å². The van der Waals surface area contributed by atoms with Gasteiger partial charge in [-0.2, -0.15) is 4.91 Å². The smallest absolute Gasteiger partial charge is 0.247 e. The SMILES string of the molecule is C[C@](O)(CN=O)c1ccc(S(N)(=O)=O)s1. The molecule has 0 bridgehead atoms. The molecule has 0 amide bonds. The molecule has 6 nitrogen and oxygen atoms in total. The summed E-state index contributed by atoms with van der Waals surface area (Å²) in [6, 6.07) is 2.70. The van der Waals surface area contributed by atoms with Crippen molar-refractivity contribution in [2.24, 2.45) is 10.3 Å². The molecule has 8 heteroatoms. The number of hydrogen-bond donors (Lipinski definition) is 2. The predicted octanol–water partition coefficient (Wildman–Crippen LogP) is 0.369. The molecule has 0 saturated heterocycles. The molecule has 0 aromatic carbocycles. The van der Waals surface area contributed by atoms with Crippen LogP contribution in [0.2, 0.25) is 0 Å². The van der Waals surface area contributed by atoms with Gasteiger partial charge in [0.1, 0.15) is 16.4 Å². The number of thiophene rings is 1. The van der Waals surface area contributed by atoms with Gasteiger partial charge in [0.15, 0.2) is 0 Å². The fourth-order valence-corrected chi connectivity index (χ4v) is 2.73. The summed E-state index contributed by atoms with van der Waals surface area (Å²) in [6.45, 7) is 1.05. The van der Waals surface area contributed by atoms with Crippen LogP contribution < -0.4 is 5.14 Å². The first kappa shape index (κ1) is 12.2. The van der Waals surface area contributed by atoms with E-state index in [1.54, 1.807) is 0 Å². The number of sulfonamides is 1. The molecule has 0 fully saturated rings. The van der Waals surface area contributed by atoms with Crippen molar-refractivity contribution >= 4 is 21.4 Å². The number of hydrogen-bond acceptors (Lipinski definition) is 6. The summed E-state index contributed by atoms with van der Waals surface area (Å²) in [5.41, 5.74) is -1.45. The molecule has 0 radical (unpaired) electrons. The molecular formula is C7H10N2O4S2. The van der Waals surface area contributed by atoms with E-state index < -0.39 is 15.6 Å². The minimum Gasteiger partial charge on any atom is -0.383 e. The van der Waals surface area contributed by atoms with Crippen LogP contribution in [0.5, 0.6) is 0 Å². The van der Waals surface area contributed by atoms with Crippen LogP contribution in [0.4, 0.5) is 0 Å². The average Bonchev–Trinajstić information content (AvgIpc) is 2.50. The van der Waals surface area contributed by atoms with Gasteiger partial charge in [-0.25, -0.2) is 13.6 Å². The van der Waals surface area contributed by atoms with Gasteiger partial charge < -0.3 is 5.11 Å². The largest absolute Gasteiger partial charge is 0.383 e. The van der Waals surface area contributed by atoms with Crippen molar-refractivity contribution < 1.29 is 13.5 Å². The molecule has 0 spiro atoms. The molecule has 84 valence electrons. The third-order valence-corrected chi connectivity index (χ3v) is 4.54. The van der Waals surface area contributed by atoms with Crippen LogP contribution >= 0.6 is 11.3 Å². The molecule has 0 saturated carbocycles. The molecule has 1 atom stereocenters. The lowest BCUT2D eigenvalue weighted by Gasteiger charge is -2.16. The Balaban J connectivity index is 3.09. The standard InChI is InChI=1S/C7H10N2O4S2/c1-7(10,4-9-11)5-2-3-6(14-5)15(8,12)13/h2-3,10H,4H2,1H3,(H2,8,12,13)/t7-/m0/s1. The van der Waals surface area contributed by atoms with Gasteiger partial charge in [-0.1, -0.05) is 5.18 Å². The normalized spacial score (nSPS) is 15.9. The molecule has 3 N–H and O–H groups in total. The van der Waals surface area contributed by atoms with Crippen molar-refractivity contribution in [1.82, 2.24) is 0 Å². The van der Waals surface area contributed by atoms with Crippen LogP contribution in [0.25, 0.3) is 0 Å². The number of nitrogens with zero attached hydrogens (tertiary/aromatic N) is 1. The fraction of sp³-hybridized carbons (Fsp3) is 0.429. The Morgan fingerprint density at radius 3 is 2.60 bits per heavy atom. The first-order valence-corrected chi connectivity index (χ1v) is 6.28. The summed E-state index contributed by atoms with van der Waals surface area (Å²) in [7, 11) is -3.76. The maximum atomic E-state index is 11.0. The van der Waals surface area contributed by atoms with Crippen LogP contribution in [0, 0.1) is 4.91 Å². The zero-order chi connectivity index (χ0) is 11.7. The second-order valence-corrected chi connectivity index (χ2v) is 6.10. The number of nitrogens with two attached hydrogens (primary N) is 1. The van der Waals surface area contributed by atoms with E-state index in [-0.39, 0.29) is 10.8 Å². The summed E-state index contributed by atoms with van der Waals surface area (Å²) >= 11 is 0.825. The summed E-state index contributed by atoms with van der Waals surface area (Å²) in [4.78, 5) is 10.4. The maximum Gasteiger partial charge on any atom is 0.247 e. The van der Waals surface area contributed by atoms with Gasteiger partial charge in [0.25, 0.3) is 0 Å². The molecular weight excluding hydrogens is 240 g/mol. The second-order valence-electron chi connectivity index (χ2n) is 3.22. The topological polar surface area (TPSA) is 110 Å². The van der Waals surface area contributed by atoms with E-state index in [0.717, 1.165) is 11.3 Å². The minimum absolute atomic E-state index is 0.0522. The van der Waals surface area contributed by atoms with Crippen molar-refractivity contribution in [2.45, 2.75) is 16.7 Å². The van der Waals surface area contributed by atoms with Crippen molar-refractivity contribution in [3.8, 4) is 0 Å². The van der Waals surface area contributed by atoms with E-state index in [1.807, 2.05) is 0 Å². The summed E-state index contributed by atoms with van der Waals surface area (Å²) in [5, 5.41) is 17.2. The van der Waals surface area contributed by atoms with Crippen molar-refractivity contribution in [3.63, 3.8) is 0 Å². The third kappa shape index (κ3) is 2.81. The van der Waals surface area contributed by atoms with Crippen LogP contribution in [-0.4, -0.2) is 20.1 Å². The van der Waals surface area contributed by atoms with E-state index in [9.17, 15) is 18.4 Å². The van der Waals surface area contributed by atoms with E-state index >= 15 is 0 Å². The summed E-state index contributed by atoms with van der Waals surface area (Å²) in [5.74, 6) is 0. The first-order chi connectivity index (χ1) is 6.77. The summed E-state index contributed by atoms with van der Waals surface area (Å²) < 4.78 is 21.9. The minimum atomic E-state index is -3.76. The molecule has 1 heterocycles. The Morgan fingerprint density at radius 1 is 1.60 bits per heavy atom. The number of nitroso groups, excluding NO2 is 1. The van der Waals surface area contributed by atoms with Crippen LogP contribution in [0.1, 0.15) is 11.8 Å². The molecule has 0 aliphatic heterocycles. The van der Waals surface area contributed by atoms with Gasteiger partial charge in [0.05, 0.1) is 0 Å². The van der Waals surface area contributed by atoms with Crippen LogP contribution in [-0.2, 0) is 15.6 Å². The molecule has 1 aromatic heterocycles. The second kappa shape index (κ2) is 3.97. The Hall–Kier alpha value is -0.830. The van der Waals surface area contributed by atoms with Crippen molar-refractivity contribution in [3.05, 3.63) is 21.9 Å². The molecule has 0 unspecified atom stereocenters. The lowest BCUT2D eigenvalue weighted by Crippen LogP contribution is -2.23. The van der Waals surface area contributed by atoms with Gasteiger partial charge >= 0.3 is 0 Å². The van der Waals surface area contributed by atoms with E-state index in [4.69, 9.17) is 5.14 Å². The van der Waals surface area contributed by atoms with Gasteiger partial charge in [0.2, 0.25) is 10.0 Å². The van der Waals surface area contributed by atoms with Gasteiger partial charge in [-0.05, 0) is 19.1 Å². The third-order valence-electron chi connectivity index (χ3n) is 1.77. The lowest BCUT2D eigenvalue weighted by atomic mass is 10.1. The number of aliphatic hydroxyl groups is 1. The lowest BCUT2D eigenvalue weighted by molar-refractivity contribution is 0.0709.